The van der Waals surface area contributed by atoms with Gasteiger partial charge in [0.2, 0.25) is 5.75 Å². The standard InChI is InChI=1S/C29H30ClNO6S/c1-32-26-16-20(6-7-22(26)30)38-12-11-36-24-8-5-18(17-31)13-21(24)25-10-9-23(37-25)19-14-27(33-2)29(35-4)28(15-19)34-3/h5-8,13-16,23,25H,9-12H2,1-4H3. The van der Waals surface area contributed by atoms with E-state index in [1.54, 1.807) is 46.3 Å². The highest BCUT2D eigenvalue weighted by Gasteiger charge is 2.31. The smallest absolute Gasteiger partial charge is 0.203 e. The third kappa shape index (κ3) is 6.24. The van der Waals surface area contributed by atoms with E-state index in [1.165, 1.54) is 0 Å². The summed E-state index contributed by atoms with van der Waals surface area (Å²) >= 11 is 7.77. The predicted octanol–water partition coefficient (Wildman–Crippen LogP) is 7.01. The van der Waals surface area contributed by atoms with Gasteiger partial charge >= 0.3 is 0 Å². The van der Waals surface area contributed by atoms with Crippen molar-refractivity contribution in [3.05, 3.63) is 70.2 Å². The number of halogens is 1. The lowest BCUT2D eigenvalue weighted by Gasteiger charge is -2.20. The molecule has 7 nitrogen and oxygen atoms in total. The van der Waals surface area contributed by atoms with E-state index in [2.05, 4.69) is 6.07 Å². The van der Waals surface area contributed by atoms with Crippen LogP contribution in [0, 0.1) is 11.3 Å². The third-order valence-corrected chi connectivity index (χ3v) is 7.57. The average molecular weight is 556 g/mol. The quantitative estimate of drug-likeness (QED) is 0.185. The van der Waals surface area contributed by atoms with Gasteiger partial charge < -0.3 is 28.4 Å². The molecule has 1 heterocycles. The molecule has 200 valence electrons. The number of nitrogens with zero attached hydrogens (tertiary/aromatic N) is 1. The second-order valence-electron chi connectivity index (χ2n) is 8.51. The molecule has 4 rings (SSSR count). The highest BCUT2D eigenvalue weighted by atomic mass is 35.5. The fraction of sp³-hybridized carbons (Fsp3) is 0.345. The van der Waals surface area contributed by atoms with Gasteiger partial charge in [0.25, 0.3) is 0 Å². The summed E-state index contributed by atoms with van der Waals surface area (Å²) in [4.78, 5) is 1.04. The molecule has 0 saturated carbocycles. The van der Waals surface area contributed by atoms with Crippen LogP contribution in [0.15, 0.2) is 53.4 Å². The number of hydrogen-bond donors (Lipinski definition) is 0. The van der Waals surface area contributed by atoms with Crippen molar-refractivity contribution in [2.75, 3.05) is 40.8 Å². The zero-order chi connectivity index (χ0) is 27.1. The van der Waals surface area contributed by atoms with Gasteiger partial charge in [0, 0.05) is 16.2 Å². The van der Waals surface area contributed by atoms with Gasteiger partial charge in [-0.15, -0.1) is 11.8 Å². The molecule has 0 radical (unpaired) electrons. The summed E-state index contributed by atoms with van der Waals surface area (Å²) in [6, 6.07) is 17.2. The van der Waals surface area contributed by atoms with Crippen LogP contribution in [0.25, 0.3) is 0 Å². The lowest BCUT2D eigenvalue weighted by atomic mass is 10.0. The van der Waals surface area contributed by atoms with Gasteiger partial charge in [0.15, 0.2) is 11.5 Å². The lowest BCUT2D eigenvalue weighted by Crippen LogP contribution is -2.07. The predicted molar refractivity (Wildman–Crippen MR) is 147 cm³/mol. The maximum Gasteiger partial charge on any atom is 0.203 e. The number of hydrogen-bond acceptors (Lipinski definition) is 8. The number of thioether (sulfide) groups is 1. The second-order valence-corrected chi connectivity index (χ2v) is 10.1. The first kappa shape index (κ1) is 27.8. The van der Waals surface area contributed by atoms with Crippen molar-refractivity contribution in [3.8, 4) is 34.8 Å². The van der Waals surface area contributed by atoms with Gasteiger partial charge in [-0.1, -0.05) is 11.6 Å². The van der Waals surface area contributed by atoms with Gasteiger partial charge in [0.05, 0.1) is 63.9 Å². The molecule has 38 heavy (non-hydrogen) atoms. The minimum absolute atomic E-state index is 0.164. The first-order valence-electron chi connectivity index (χ1n) is 12.1. The van der Waals surface area contributed by atoms with Crippen molar-refractivity contribution in [3.63, 3.8) is 0 Å². The van der Waals surface area contributed by atoms with Crippen LogP contribution < -0.4 is 23.7 Å². The topological polar surface area (TPSA) is 79.2 Å². The molecular weight excluding hydrogens is 526 g/mol. The Morgan fingerprint density at radius 2 is 1.58 bits per heavy atom. The Labute approximate surface area is 232 Å². The summed E-state index contributed by atoms with van der Waals surface area (Å²) < 4.78 is 34.4. The molecule has 1 fully saturated rings. The number of nitriles is 1. The average Bonchev–Trinajstić information content (AvgIpc) is 3.45. The van der Waals surface area contributed by atoms with Crippen LogP contribution in [0.5, 0.6) is 28.7 Å². The molecule has 9 heteroatoms. The van der Waals surface area contributed by atoms with E-state index < -0.39 is 0 Å². The largest absolute Gasteiger partial charge is 0.495 e. The van der Waals surface area contributed by atoms with E-state index >= 15 is 0 Å². The van der Waals surface area contributed by atoms with Crippen molar-refractivity contribution in [1.82, 2.24) is 0 Å². The molecule has 2 atom stereocenters. The molecule has 0 N–H and O–H groups in total. The maximum atomic E-state index is 9.50. The van der Waals surface area contributed by atoms with Gasteiger partial charge in [0.1, 0.15) is 11.5 Å². The van der Waals surface area contributed by atoms with Gasteiger partial charge in [-0.3, -0.25) is 0 Å². The Morgan fingerprint density at radius 3 is 2.24 bits per heavy atom. The Bertz CT molecular complexity index is 1290. The summed E-state index contributed by atoms with van der Waals surface area (Å²) in [5, 5.41) is 10.1. The molecule has 0 spiro atoms. The van der Waals surface area contributed by atoms with Crippen LogP contribution in [-0.2, 0) is 4.74 Å². The Morgan fingerprint density at radius 1 is 0.868 bits per heavy atom. The molecule has 1 aliphatic heterocycles. The second kappa shape index (κ2) is 13.0. The molecule has 0 amide bonds. The number of methoxy groups -OCH3 is 4. The first-order valence-corrected chi connectivity index (χ1v) is 13.5. The third-order valence-electron chi connectivity index (χ3n) is 6.30. The SMILES string of the molecule is COc1cc(SCCOc2ccc(C#N)cc2C2CCC(c3cc(OC)c(OC)c(OC)c3)O2)ccc1Cl. The molecule has 3 aromatic rings. The van der Waals surface area contributed by atoms with Crippen molar-refractivity contribution in [2.24, 2.45) is 0 Å². The molecular formula is C29H30ClNO6S. The fourth-order valence-electron chi connectivity index (χ4n) is 4.44. The van der Waals surface area contributed by atoms with Crippen molar-refractivity contribution in [2.45, 2.75) is 29.9 Å². The summed E-state index contributed by atoms with van der Waals surface area (Å²) in [6.45, 7) is 0.484. The molecule has 0 aliphatic carbocycles. The molecule has 2 unspecified atom stereocenters. The monoisotopic (exact) mass is 555 g/mol. The van der Waals surface area contributed by atoms with Gasteiger partial charge in [-0.25, -0.2) is 0 Å². The van der Waals surface area contributed by atoms with E-state index in [4.69, 9.17) is 40.0 Å². The molecule has 0 bridgehead atoms. The lowest BCUT2D eigenvalue weighted by molar-refractivity contribution is 0.0422. The van der Waals surface area contributed by atoms with Crippen LogP contribution in [0.4, 0.5) is 0 Å². The van der Waals surface area contributed by atoms with E-state index in [1.807, 2.05) is 42.5 Å². The number of ether oxygens (including phenoxy) is 6. The molecule has 1 saturated heterocycles. The van der Waals surface area contributed by atoms with E-state index in [9.17, 15) is 5.26 Å². The summed E-state index contributed by atoms with van der Waals surface area (Å²) in [7, 11) is 6.37. The van der Waals surface area contributed by atoms with Gasteiger partial charge in [-0.2, -0.15) is 5.26 Å². The Balaban J connectivity index is 1.46. The van der Waals surface area contributed by atoms with Crippen molar-refractivity contribution < 1.29 is 28.4 Å². The van der Waals surface area contributed by atoms with Crippen LogP contribution >= 0.6 is 23.4 Å². The normalized spacial score (nSPS) is 16.5. The Hall–Kier alpha value is -3.25. The number of rotatable bonds is 11. The summed E-state index contributed by atoms with van der Waals surface area (Å²) in [5.74, 6) is 3.80. The summed E-state index contributed by atoms with van der Waals surface area (Å²) in [6.07, 6.45) is 1.21. The highest BCUT2D eigenvalue weighted by molar-refractivity contribution is 7.99. The van der Waals surface area contributed by atoms with E-state index in [-0.39, 0.29) is 12.2 Å². The van der Waals surface area contributed by atoms with Gasteiger partial charge in [-0.05, 0) is 66.9 Å². The molecule has 0 aromatic heterocycles. The van der Waals surface area contributed by atoms with Crippen molar-refractivity contribution in [1.29, 1.82) is 5.26 Å². The van der Waals surface area contributed by atoms with Crippen LogP contribution in [0.2, 0.25) is 5.02 Å². The van der Waals surface area contributed by atoms with Crippen LogP contribution in [-0.4, -0.2) is 40.8 Å². The zero-order valence-electron chi connectivity index (χ0n) is 21.8. The van der Waals surface area contributed by atoms with Crippen LogP contribution in [0.3, 0.4) is 0 Å². The fourth-order valence-corrected chi connectivity index (χ4v) is 5.39. The molecule has 1 aliphatic rings. The molecule has 3 aromatic carbocycles. The minimum Gasteiger partial charge on any atom is -0.495 e. The highest BCUT2D eigenvalue weighted by Crippen LogP contribution is 2.47. The van der Waals surface area contributed by atoms with Crippen LogP contribution in [0.1, 0.15) is 41.7 Å². The van der Waals surface area contributed by atoms with Crippen molar-refractivity contribution >= 4 is 23.4 Å². The summed E-state index contributed by atoms with van der Waals surface area (Å²) in [5.41, 5.74) is 2.38. The maximum absolute atomic E-state index is 9.50. The number of benzene rings is 3. The van der Waals surface area contributed by atoms with E-state index in [0.717, 1.165) is 34.6 Å². The van der Waals surface area contributed by atoms with E-state index in [0.29, 0.717) is 45.9 Å². The Kier molecular flexibility index (Phi) is 9.51. The first-order chi connectivity index (χ1) is 18.5. The minimum atomic E-state index is -0.212. The zero-order valence-corrected chi connectivity index (χ0v) is 23.4.